The molecule has 1 N–H and O–H groups in total. The Labute approximate surface area is 218 Å². The molecule has 36 heavy (non-hydrogen) atoms. The molecule has 8 heteroatoms. The fourth-order valence-electron chi connectivity index (χ4n) is 4.98. The highest BCUT2D eigenvalue weighted by Crippen LogP contribution is 2.37. The third-order valence-corrected chi connectivity index (χ3v) is 7.16. The summed E-state index contributed by atoms with van der Waals surface area (Å²) >= 11 is 0. The van der Waals surface area contributed by atoms with E-state index in [2.05, 4.69) is 27.4 Å². The molecule has 0 aromatic heterocycles. The lowest BCUT2D eigenvalue weighted by Crippen LogP contribution is -2.62. The molecule has 2 fully saturated rings. The molecule has 0 aromatic rings. The van der Waals surface area contributed by atoms with Gasteiger partial charge in [0.05, 0.1) is 31.3 Å². The molecule has 0 amide bonds. The first-order valence-corrected chi connectivity index (χ1v) is 14.0. The van der Waals surface area contributed by atoms with Gasteiger partial charge in [-0.3, -0.25) is 4.79 Å². The molecule has 9 atom stereocenters. The van der Waals surface area contributed by atoms with E-state index in [1.807, 2.05) is 6.92 Å². The van der Waals surface area contributed by atoms with E-state index in [4.69, 9.17) is 28.4 Å². The summed E-state index contributed by atoms with van der Waals surface area (Å²) in [6.45, 7) is 14.1. The number of hydrogen-bond acceptors (Lipinski definition) is 8. The predicted molar refractivity (Wildman–Crippen MR) is 138 cm³/mol. The van der Waals surface area contributed by atoms with E-state index in [-0.39, 0.29) is 36.6 Å². The maximum absolute atomic E-state index is 12.1. The molecule has 1 aliphatic carbocycles. The minimum absolute atomic E-state index is 0.231. The lowest BCUT2D eigenvalue weighted by atomic mass is 9.77. The van der Waals surface area contributed by atoms with E-state index >= 15 is 0 Å². The number of methoxy groups -OCH3 is 1. The van der Waals surface area contributed by atoms with Gasteiger partial charge < -0.3 is 33.5 Å². The van der Waals surface area contributed by atoms with Gasteiger partial charge in [-0.1, -0.05) is 46.1 Å². The summed E-state index contributed by atoms with van der Waals surface area (Å²) in [4.78, 5) is 12.1. The van der Waals surface area contributed by atoms with Crippen LogP contribution in [0.2, 0.25) is 0 Å². The second-order valence-electron chi connectivity index (χ2n) is 10.0. The molecule has 1 aliphatic heterocycles. The summed E-state index contributed by atoms with van der Waals surface area (Å²) in [6.07, 6.45) is 4.78. The van der Waals surface area contributed by atoms with Crippen molar-refractivity contribution in [1.82, 2.24) is 0 Å². The number of ether oxygens (including phenoxy) is 6. The van der Waals surface area contributed by atoms with E-state index < -0.39 is 30.5 Å². The van der Waals surface area contributed by atoms with Crippen molar-refractivity contribution in [2.75, 3.05) is 26.9 Å². The molecule has 7 unspecified atom stereocenters. The molecular formula is C28H50O8. The minimum atomic E-state index is -0.862. The van der Waals surface area contributed by atoms with Gasteiger partial charge in [-0.15, -0.1) is 6.58 Å². The Balaban J connectivity index is 2.25. The number of aliphatic hydroxyl groups is 1. The minimum Gasteiger partial charge on any atom is -0.469 e. The van der Waals surface area contributed by atoms with Crippen molar-refractivity contribution in [2.24, 2.45) is 11.8 Å². The molecule has 0 radical (unpaired) electrons. The van der Waals surface area contributed by atoms with Crippen LogP contribution in [0, 0.1) is 11.8 Å². The summed E-state index contributed by atoms with van der Waals surface area (Å²) in [5.74, 6) is -0.942. The maximum atomic E-state index is 12.1. The largest absolute Gasteiger partial charge is 0.469 e. The van der Waals surface area contributed by atoms with Crippen LogP contribution in [0.3, 0.4) is 0 Å². The van der Waals surface area contributed by atoms with Crippen LogP contribution in [-0.4, -0.2) is 80.9 Å². The van der Waals surface area contributed by atoms with E-state index in [1.54, 1.807) is 6.08 Å². The standard InChI is InChI=1S/C28H50O8/c1-7-11-14-32-23-19(5)35-28(26(34-16-13-9-3)25(23)33-15-12-8-2)36-24-20(10-4)17-21(18-22(24)29)27(30)31-6/h10,19-26,28-29H,4,7-9,11-18H2,1-3,5-6H3/t19-,20?,21?,22?,23?,24?,25?,26-,28?/m0/s1. The maximum Gasteiger partial charge on any atom is 0.308 e. The average Bonchev–Trinajstić information content (AvgIpc) is 2.87. The SMILES string of the molecule is C=CC1CC(C(=O)OC)CC(O)C1OC1O[C@@H](C)C(OCCCC)C(OCCCC)[C@@H]1OCCCC. The molecule has 0 bridgehead atoms. The first-order valence-electron chi connectivity index (χ1n) is 14.0. The lowest BCUT2D eigenvalue weighted by Gasteiger charge is -2.47. The van der Waals surface area contributed by atoms with E-state index in [0.717, 1.165) is 38.5 Å². The van der Waals surface area contributed by atoms with Crippen LogP contribution in [0.15, 0.2) is 12.7 Å². The third kappa shape index (κ3) is 8.77. The number of carbonyl (C=O) groups excluding carboxylic acids is 1. The Morgan fingerprint density at radius 3 is 2.00 bits per heavy atom. The predicted octanol–water partition coefficient (Wildman–Crippen LogP) is 4.42. The van der Waals surface area contributed by atoms with Crippen LogP contribution >= 0.6 is 0 Å². The third-order valence-electron chi connectivity index (χ3n) is 7.16. The normalized spacial score (nSPS) is 34.9. The lowest BCUT2D eigenvalue weighted by molar-refractivity contribution is -0.333. The zero-order valence-electron chi connectivity index (χ0n) is 23.1. The summed E-state index contributed by atoms with van der Waals surface area (Å²) < 4.78 is 36.8. The van der Waals surface area contributed by atoms with Gasteiger partial charge in [0, 0.05) is 25.7 Å². The molecule has 1 saturated carbocycles. The number of unbranched alkanes of at least 4 members (excludes halogenated alkanes) is 3. The second-order valence-corrected chi connectivity index (χ2v) is 10.0. The van der Waals surface area contributed by atoms with Crippen molar-refractivity contribution >= 4 is 5.97 Å². The highest BCUT2D eigenvalue weighted by molar-refractivity contribution is 5.72. The first kappa shape index (κ1) is 31.2. The van der Waals surface area contributed by atoms with E-state index in [1.165, 1.54) is 7.11 Å². The Morgan fingerprint density at radius 2 is 1.47 bits per heavy atom. The number of esters is 1. The molecule has 1 saturated heterocycles. The molecule has 8 nitrogen and oxygen atoms in total. The Kier molecular flexibility index (Phi) is 14.5. The quantitative estimate of drug-likeness (QED) is 0.184. The van der Waals surface area contributed by atoms with E-state index in [9.17, 15) is 9.90 Å². The first-order chi connectivity index (χ1) is 17.4. The molecule has 210 valence electrons. The van der Waals surface area contributed by atoms with Gasteiger partial charge in [-0.05, 0) is 39.0 Å². The number of aliphatic hydroxyl groups excluding tert-OH is 1. The average molecular weight is 515 g/mol. The van der Waals surface area contributed by atoms with Crippen molar-refractivity contribution in [1.29, 1.82) is 0 Å². The molecule has 0 spiro atoms. The smallest absolute Gasteiger partial charge is 0.308 e. The van der Waals surface area contributed by atoms with Crippen molar-refractivity contribution in [3.05, 3.63) is 12.7 Å². The van der Waals surface area contributed by atoms with Crippen LogP contribution in [0.1, 0.15) is 79.1 Å². The van der Waals surface area contributed by atoms with Gasteiger partial charge in [-0.25, -0.2) is 0 Å². The number of hydrogen-bond donors (Lipinski definition) is 1. The Bertz CT molecular complexity index is 629. The van der Waals surface area contributed by atoms with Crippen LogP contribution in [0.5, 0.6) is 0 Å². The highest BCUT2D eigenvalue weighted by Gasteiger charge is 2.50. The zero-order valence-corrected chi connectivity index (χ0v) is 23.1. The Morgan fingerprint density at radius 1 is 0.917 bits per heavy atom. The summed E-state index contributed by atoms with van der Waals surface area (Å²) in [7, 11) is 1.37. The van der Waals surface area contributed by atoms with Gasteiger partial charge >= 0.3 is 5.97 Å². The molecule has 2 rings (SSSR count). The molecular weight excluding hydrogens is 464 g/mol. The van der Waals surface area contributed by atoms with Gasteiger partial charge in [0.25, 0.3) is 0 Å². The van der Waals surface area contributed by atoms with Gasteiger partial charge in [0.2, 0.25) is 0 Å². The van der Waals surface area contributed by atoms with Gasteiger partial charge in [0.1, 0.15) is 18.3 Å². The van der Waals surface area contributed by atoms with Crippen LogP contribution < -0.4 is 0 Å². The summed E-state index contributed by atoms with van der Waals surface area (Å²) in [6, 6.07) is 0. The number of rotatable bonds is 16. The van der Waals surface area contributed by atoms with Crippen molar-refractivity contribution in [3.63, 3.8) is 0 Å². The molecule has 1 heterocycles. The topological polar surface area (TPSA) is 92.7 Å². The van der Waals surface area contributed by atoms with Gasteiger partial charge in [0.15, 0.2) is 6.29 Å². The second kappa shape index (κ2) is 16.7. The fraction of sp³-hybridized carbons (Fsp3) is 0.893. The highest BCUT2D eigenvalue weighted by atomic mass is 16.7. The van der Waals surface area contributed by atoms with Crippen molar-refractivity contribution < 1.29 is 38.3 Å². The van der Waals surface area contributed by atoms with Crippen LogP contribution in [0.25, 0.3) is 0 Å². The van der Waals surface area contributed by atoms with E-state index in [0.29, 0.717) is 26.2 Å². The van der Waals surface area contributed by atoms with Crippen LogP contribution in [-0.2, 0) is 33.2 Å². The van der Waals surface area contributed by atoms with Crippen LogP contribution in [0.4, 0.5) is 0 Å². The number of carbonyl (C=O) groups is 1. The molecule has 0 aromatic carbocycles. The summed E-state index contributed by atoms with van der Waals surface area (Å²) in [5, 5.41) is 11.0. The molecule has 2 aliphatic rings. The fourth-order valence-corrected chi connectivity index (χ4v) is 4.98. The zero-order chi connectivity index (χ0) is 26.5. The van der Waals surface area contributed by atoms with Gasteiger partial charge in [-0.2, -0.15) is 0 Å². The summed E-state index contributed by atoms with van der Waals surface area (Å²) in [5.41, 5.74) is 0. The van der Waals surface area contributed by atoms with Crippen molar-refractivity contribution in [3.8, 4) is 0 Å². The monoisotopic (exact) mass is 514 g/mol. The van der Waals surface area contributed by atoms with Crippen molar-refractivity contribution in [2.45, 2.75) is 122 Å². The Hall–Kier alpha value is -1.03.